The van der Waals surface area contributed by atoms with Crippen LogP contribution in [0.2, 0.25) is 0 Å². The number of nitrogens with one attached hydrogen (secondary N) is 1. The summed E-state index contributed by atoms with van der Waals surface area (Å²) in [6, 6.07) is 17.1. The Bertz CT molecular complexity index is 603. The first-order chi connectivity index (χ1) is 9.31. The zero-order valence-corrected chi connectivity index (χ0v) is 11.3. The molecule has 0 saturated carbocycles. The fourth-order valence-electron chi connectivity index (χ4n) is 1.97. The number of benzene rings is 2. The summed E-state index contributed by atoms with van der Waals surface area (Å²) in [6.45, 7) is 0. The quantitative estimate of drug-likeness (QED) is 0.853. The van der Waals surface area contributed by atoms with Crippen molar-refractivity contribution < 1.29 is 9.32 Å². The van der Waals surface area contributed by atoms with Crippen molar-refractivity contribution in [1.29, 1.82) is 0 Å². The lowest BCUT2D eigenvalue weighted by atomic mass is 10.2. The van der Waals surface area contributed by atoms with E-state index in [1.165, 1.54) is 0 Å². The molecule has 1 aliphatic heterocycles. The predicted octanol–water partition coefficient (Wildman–Crippen LogP) is 2.29. The summed E-state index contributed by atoms with van der Waals surface area (Å²) >= 11 is 0. The van der Waals surface area contributed by atoms with E-state index in [0.717, 1.165) is 5.30 Å². The van der Waals surface area contributed by atoms with Crippen molar-refractivity contribution in [3.8, 4) is 5.75 Å². The summed E-state index contributed by atoms with van der Waals surface area (Å²) in [4.78, 5) is 12.4. The van der Waals surface area contributed by atoms with Crippen LogP contribution in [0, 0.1) is 0 Å². The maximum atomic E-state index is 12.4. The maximum Gasteiger partial charge on any atom is 0.278 e. The van der Waals surface area contributed by atoms with Gasteiger partial charge in [-0.2, -0.15) is 0 Å². The number of carbonyl (C=O) groups is 1. The molecule has 1 amide bonds. The van der Waals surface area contributed by atoms with E-state index < -0.39 is 8.30 Å². The molecule has 2 aromatic rings. The van der Waals surface area contributed by atoms with Crippen LogP contribution in [0.25, 0.3) is 0 Å². The van der Waals surface area contributed by atoms with Gasteiger partial charge in [-0.05, 0) is 24.3 Å². The van der Waals surface area contributed by atoms with E-state index >= 15 is 0 Å². The third-order valence-corrected chi connectivity index (χ3v) is 4.72. The number of para-hydroxylation sites is 1. The number of hydrogen-bond donors (Lipinski definition) is 1. The summed E-state index contributed by atoms with van der Waals surface area (Å²) in [5.41, 5.74) is 3.52. The van der Waals surface area contributed by atoms with Gasteiger partial charge in [0.05, 0.1) is 5.56 Å². The smallest absolute Gasteiger partial charge is 0.278 e. The average molecular weight is 272 g/mol. The van der Waals surface area contributed by atoms with Gasteiger partial charge in [-0.25, -0.2) is 10.2 Å². The van der Waals surface area contributed by atoms with Gasteiger partial charge in [-0.1, -0.05) is 30.3 Å². The summed E-state index contributed by atoms with van der Waals surface area (Å²) in [5.74, 6) is 0.591. The lowest BCUT2D eigenvalue weighted by Gasteiger charge is -2.34. The monoisotopic (exact) mass is 272 g/mol. The molecule has 1 atom stereocenters. The third kappa shape index (κ3) is 2.09. The highest BCUT2D eigenvalue weighted by atomic mass is 31.2. The Morgan fingerprint density at radius 3 is 2.47 bits per heavy atom. The molecule has 19 heavy (non-hydrogen) atoms. The predicted molar refractivity (Wildman–Crippen MR) is 75.3 cm³/mol. The number of rotatable bonds is 2. The minimum atomic E-state index is -1.18. The average Bonchev–Trinajstić information content (AvgIpc) is 2.48. The number of hydrogen-bond acceptors (Lipinski definition) is 3. The SMILES string of the molecule is CNN1C(=O)c2ccccc2OP1c1ccccc1. The highest BCUT2D eigenvalue weighted by Crippen LogP contribution is 2.46. The summed E-state index contributed by atoms with van der Waals surface area (Å²) in [7, 11) is 0.546. The molecule has 1 N–H and O–H groups in total. The van der Waals surface area contributed by atoms with Crippen LogP contribution in [0.1, 0.15) is 10.4 Å². The fraction of sp³-hybridized carbons (Fsp3) is 0.0714. The van der Waals surface area contributed by atoms with Crippen molar-refractivity contribution in [1.82, 2.24) is 10.2 Å². The molecule has 0 radical (unpaired) electrons. The first kappa shape index (κ1) is 12.2. The van der Waals surface area contributed by atoms with Crippen molar-refractivity contribution in [2.45, 2.75) is 0 Å². The van der Waals surface area contributed by atoms with E-state index in [0.29, 0.717) is 11.3 Å². The van der Waals surface area contributed by atoms with Crippen molar-refractivity contribution in [2.24, 2.45) is 0 Å². The molecule has 0 saturated heterocycles. The molecule has 4 nitrogen and oxygen atoms in total. The highest BCUT2D eigenvalue weighted by Gasteiger charge is 2.35. The van der Waals surface area contributed by atoms with Crippen LogP contribution < -0.4 is 15.3 Å². The third-order valence-electron chi connectivity index (χ3n) is 2.87. The molecular formula is C14H13N2O2P. The van der Waals surface area contributed by atoms with Crippen LogP contribution in [0.5, 0.6) is 5.75 Å². The van der Waals surface area contributed by atoms with Gasteiger partial charge in [-0.15, -0.1) is 0 Å². The number of fused-ring (bicyclic) bond motifs is 1. The minimum absolute atomic E-state index is 0.0562. The lowest BCUT2D eigenvalue weighted by molar-refractivity contribution is 0.0806. The second kappa shape index (κ2) is 5.00. The van der Waals surface area contributed by atoms with E-state index in [4.69, 9.17) is 4.52 Å². The van der Waals surface area contributed by atoms with Crippen LogP contribution >= 0.6 is 8.30 Å². The Labute approximate surface area is 112 Å². The molecule has 0 aromatic heterocycles. The molecule has 1 aliphatic rings. The Morgan fingerprint density at radius 2 is 1.74 bits per heavy atom. The van der Waals surface area contributed by atoms with Crippen molar-refractivity contribution in [3.05, 3.63) is 60.2 Å². The topological polar surface area (TPSA) is 41.6 Å². The van der Waals surface area contributed by atoms with Gasteiger partial charge in [0.15, 0.2) is 0 Å². The second-order valence-corrected chi connectivity index (χ2v) is 5.68. The van der Waals surface area contributed by atoms with Crippen LogP contribution in [0.3, 0.4) is 0 Å². The Kier molecular flexibility index (Phi) is 3.20. The van der Waals surface area contributed by atoms with Crippen molar-refractivity contribution >= 4 is 19.5 Å². The second-order valence-electron chi connectivity index (χ2n) is 4.04. The van der Waals surface area contributed by atoms with Crippen molar-refractivity contribution in [2.75, 3.05) is 7.05 Å². The van der Waals surface area contributed by atoms with E-state index in [-0.39, 0.29) is 5.91 Å². The van der Waals surface area contributed by atoms with Crippen LogP contribution in [-0.2, 0) is 0 Å². The van der Waals surface area contributed by atoms with E-state index in [1.807, 2.05) is 48.5 Å². The summed E-state index contributed by atoms with van der Waals surface area (Å²) in [5, 5.41) is 0.995. The molecule has 1 heterocycles. The van der Waals surface area contributed by atoms with Crippen LogP contribution in [-0.4, -0.2) is 17.7 Å². The number of hydrazine groups is 1. The van der Waals surface area contributed by atoms with E-state index in [1.54, 1.807) is 17.9 Å². The standard InChI is InChI=1S/C14H13N2O2P/c1-15-16-14(17)12-9-5-6-10-13(12)18-19(16)11-7-3-2-4-8-11/h2-10,15H,1H3. The van der Waals surface area contributed by atoms with Crippen molar-refractivity contribution in [3.63, 3.8) is 0 Å². The number of carbonyl (C=O) groups excluding carboxylic acids is 1. The van der Waals surface area contributed by atoms with Gasteiger partial charge in [0.25, 0.3) is 5.91 Å². The molecule has 0 bridgehead atoms. The Balaban J connectivity index is 2.05. The summed E-state index contributed by atoms with van der Waals surface area (Å²) in [6.07, 6.45) is 0. The zero-order valence-electron chi connectivity index (χ0n) is 10.4. The first-order valence-corrected chi connectivity index (χ1v) is 7.16. The fourth-order valence-corrected chi connectivity index (χ4v) is 3.61. The molecule has 96 valence electrons. The maximum absolute atomic E-state index is 12.4. The van der Waals surface area contributed by atoms with Gasteiger partial charge in [0, 0.05) is 12.4 Å². The molecule has 3 rings (SSSR count). The van der Waals surface area contributed by atoms with Gasteiger partial charge >= 0.3 is 0 Å². The molecule has 0 spiro atoms. The normalized spacial score (nSPS) is 17.8. The Morgan fingerprint density at radius 1 is 1.05 bits per heavy atom. The zero-order chi connectivity index (χ0) is 13.2. The van der Waals surface area contributed by atoms with Crippen LogP contribution in [0.4, 0.5) is 0 Å². The minimum Gasteiger partial charge on any atom is -0.447 e. The molecule has 2 aromatic carbocycles. The Hall–Kier alpha value is -1.90. The first-order valence-electron chi connectivity index (χ1n) is 5.95. The molecular weight excluding hydrogens is 259 g/mol. The van der Waals surface area contributed by atoms with Gasteiger partial charge in [0.2, 0.25) is 8.30 Å². The van der Waals surface area contributed by atoms with E-state index in [9.17, 15) is 4.79 Å². The number of amides is 1. The molecule has 5 heteroatoms. The van der Waals surface area contributed by atoms with Crippen LogP contribution in [0.15, 0.2) is 54.6 Å². The van der Waals surface area contributed by atoms with Gasteiger partial charge in [-0.3, -0.25) is 4.79 Å². The molecule has 1 unspecified atom stereocenters. The summed E-state index contributed by atoms with van der Waals surface area (Å²) < 4.78 is 7.56. The van der Waals surface area contributed by atoms with E-state index in [2.05, 4.69) is 5.43 Å². The molecule has 0 aliphatic carbocycles. The number of nitrogens with zero attached hydrogens (tertiary/aromatic N) is 1. The molecule has 0 fully saturated rings. The van der Waals surface area contributed by atoms with Gasteiger partial charge in [0.1, 0.15) is 5.75 Å². The largest absolute Gasteiger partial charge is 0.447 e. The lowest BCUT2D eigenvalue weighted by Crippen LogP contribution is -2.42. The van der Waals surface area contributed by atoms with Gasteiger partial charge < -0.3 is 4.52 Å². The highest BCUT2D eigenvalue weighted by molar-refractivity contribution is 7.59.